The topological polar surface area (TPSA) is 85.8 Å². The first-order chi connectivity index (χ1) is 7.05. The summed E-state index contributed by atoms with van der Waals surface area (Å²) in [5.74, 6) is -1.10. The number of benzene rings is 1. The molecule has 0 saturated carbocycles. The number of rotatable bonds is 1. The minimum atomic E-state index is -1.45. The van der Waals surface area contributed by atoms with Crippen LogP contribution in [0.25, 0.3) is 0 Å². The summed E-state index contributed by atoms with van der Waals surface area (Å²) in [4.78, 5) is 18.9. The molecule has 0 saturated heterocycles. The molecule has 5 heteroatoms. The maximum atomic E-state index is 10.9. The van der Waals surface area contributed by atoms with Crippen LogP contribution in [0.2, 0.25) is 0 Å². The van der Waals surface area contributed by atoms with Gasteiger partial charge in [-0.15, -0.1) is 0 Å². The molecule has 1 heterocycles. The molecular formula is C10H7N3O2. The third-order valence-electron chi connectivity index (χ3n) is 2.19. The Morgan fingerprint density at radius 1 is 1.47 bits per heavy atom. The van der Waals surface area contributed by atoms with Crippen molar-refractivity contribution < 1.29 is 9.90 Å². The van der Waals surface area contributed by atoms with Crippen LogP contribution in [0.3, 0.4) is 0 Å². The van der Waals surface area contributed by atoms with Crippen molar-refractivity contribution in [3.63, 3.8) is 0 Å². The van der Waals surface area contributed by atoms with E-state index < -0.39 is 11.6 Å². The Morgan fingerprint density at radius 2 is 2.13 bits per heavy atom. The predicted octanol–water partition coefficient (Wildman–Crippen LogP) is -0.388. The van der Waals surface area contributed by atoms with Gasteiger partial charge in [0.1, 0.15) is 0 Å². The number of carboxylic acids is 1. The average molecular weight is 201 g/mol. The minimum Gasteiger partial charge on any atom is -0.478 e. The molecule has 74 valence electrons. The van der Waals surface area contributed by atoms with Crippen LogP contribution in [0, 0.1) is 11.3 Å². The van der Waals surface area contributed by atoms with Gasteiger partial charge >= 0.3 is 5.97 Å². The molecule has 0 aromatic heterocycles. The van der Waals surface area contributed by atoms with E-state index in [0.29, 0.717) is 16.3 Å². The van der Waals surface area contributed by atoms with E-state index >= 15 is 0 Å². The highest BCUT2D eigenvalue weighted by Gasteiger charge is 2.33. The molecule has 0 amide bonds. The van der Waals surface area contributed by atoms with Crippen LogP contribution in [-0.4, -0.2) is 16.7 Å². The van der Waals surface area contributed by atoms with Crippen molar-refractivity contribution in [2.45, 2.75) is 12.6 Å². The van der Waals surface area contributed by atoms with Crippen molar-refractivity contribution in [3.8, 4) is 6.07 Å². The summed E-state index contributed by atoms with van der Waals surface area (Å²) in [5, 5.41) is 18.6. The molecule has 1 N–H and O–H groups in total. The lowest BCUT2D eigenvalue weighted by molar-refractivity contribution is -0.142. The molecule has 1 aromatic rings. The van der Waals surface area contributed by atoms with E-state index in [9.17, 15) is 4.79 Å². The van der Waals surface area contributed by atoms with Crippen LogP contribution >= 0.6 is 0 Å². The van der Waals surface area contributed by atoms with E-state index in [1.54, 1.807) is 12.1 Å². The smallest absolute Gasteiger partial charge is 0.354 e. The molecule has 1 aromatic carbocycles. The maximum absolute atomic E-state index is 10.9. The lowest BCUT2D eigenvalue weighted by atomic mass is 10.2. The number of carbonyl (C=O) groups is 1. The van der Waals surface area contributed by atoms with Gasteiger partial charge in [0.2, 0.25) is 5.66 Å². The zero-order valence-electron chi connectivity index (χ0n) is 7.93. The summed E-state index contributed by atoms with van der Waals surface area (Å²) in [6, 6.07) is 6.69. The first-order valence-corrected chi connectivity index (χ1v) is 4.28. The van der Waals surface area contributed by atoms with Crippen molar-refractivity contribution in [1.82, 2.24) is 0 Å². The molecule has 1 atom stereocenters. The summed E-state index contributed by atoms with van der Waals surface area (Å²) in [7, 11) is 0. The van der Waals surface area contributed by atoms with Crippen LogP contribution in [0.15, 0.2) is 28.2 Å². The number of hydrogen-bond acceptors (Lipinski definition) is 4. The molecule has 15 heavy (non-hydrogen) atoms. The Morgan fingerprint density at radius 3 is 2.73 bits per heavy atom. The number of fused-ring (bicyclic) bond motifs is 1. The van der Waals surface area contributed by atoms with Crippen LogP contribution in [-0.2, 0) is 4.79 Å². The molecule has 5 nitrogen and oxygen atoms in total. The first-order valence-electron chi connectivity index (χ1n) is 4.28. The number of nitriles is 1. The van der Waals surface area contributed by atoms with Crippen molar-refractivity contribution in [1.29, 1.82) is 5.26 Å². The highest BCUT2D eigenvalue weighted by atomic mass is 16.4. The number of nitrogens with zero attached hydrogens (tertiary/aromatic N) is 3. The van der Waals surface area contributed by atoms with E-state index in [-0.39, 0.29) is 0 Å². The lowest BCUT2D eigenvalue weighted by Gasteiger charge is -2.09. The van der Waals surface area contributed by atoms with Gasteiger partial charge in [0.25, 0.3) is 0 Å². The quantitative estimate of drug-likeness (QED) is 0.671. The summed E-state index contributed by atoms with van der Waals surface area (Å²) in [6.07, 6.45) is 0. The normalized spacial score (nSPS) is 22.1. The summed E-state index contributed by atoms with van der Waals surface area (Å²) < 4.78 is 0. The van der Waals surface area contributed by atoms with Crippen molar-refractivity contribution >= 4 is 5.97 Å². The second kappa shape index (κ2) is 2.89. The molecule has 1 unspecified atom stereocenters. The molecule has 0 fully saturated rings. The number of carboxylic acid groups (broad SMARTS) is 1. The van der Waals surface area contributed by atoms with Gasteiger partial charge in [-0.05, 0) is 25.1 Å². The molecule has 0 aliphatic carbocycles. The van der Waals surface area contributed by atoms with Gasteiger partial charge < -0.3 is 5.11 Å². The van der Waals surface area contributed by atoms with Crippen LogP contribution in [0.4, 0.5) is 0 Å². The van der Waals surface area contributed by atoms with E-state index in [4.69, 9.17) is 10.4 Å². The molecule has 1 aliphatic heterocycles. The number of aliphatic carboxylic acids is 1. The van der Waals surface area contributed by atoms with Crippen molar-refractivity contribution in [2.24, 2.45) is 9.98 Å². The van der Waals surface area contributed by atoms with Gasteiger partial charge in [-0.3, -0.25) is 0 Å². The SMILES string of the molecule is CC1(C(=O)O)N=c2ccc(C#N)cc2=N1. The molecule has 2 rings (SSSR count). The monoisotopic (exact) mass is 201 g/mol. The van der Waals surface area contributed by atoms with Crippen LogP contribution in [0.1, 0.15) is 12.5 Å². The highest BCUT2D eigenvalue weighted by Crippen LogP contribution is 2.12. The zero-order valence-corrected chi connectivity index (χ0v) is 7.93. The summed E-state index contributed by atoms with van der Waals surface area (Å²) in [5.41, 5.74) is -1.00. The Hall–Kier alpha value is -2.22. The number of hydrogen-bond donors (Lipinski definition) is 1. The molecular weight excluding hydrogens is 194 g/mol. The minimum absolute atomic E-state index is 0.447. The fraction of sp³-hybridized carbons (Fsp3) is 0.200. The van der Waals surface area contributed by atoms with Crippen molar-refractivity contribution in [3.05, 3.63) is 34.5 Å². The maximum Gasteiger partial charge on any atom is 0.354 e. The molecule has 0 bridgehead atoms. The second-order valence-electron chi connectivity index (χ2n) is 3.36. The van der Waals surface area contributed by atoms with Gasteiger partial charge in [0, 0.05) is 0 Å². The highest BCUT2D eigenvalue weighted by molar-refractivity contribution is 5.78. The van der Waals surface area contributed by atoms with Crippen LogP contribution < -0.4 is 10.7 Å². The van der Waals surface area contributed by atoms with Gasteiger partial charge in [-0.1, -0.05) is 0 Å². The van der Waals surface area contributed by atoms with Gasteiger partial charge in [0.15, 0.2) is 0 Å². The van der Waals surface area contributed by atoms with Gasteiger partial charge in [-0.2, -0.15) is 5.26 Å². The van der Waals surface area contributed by atoms with Gasteiger partial charge in [-0.25, -0.2) is 14.8 Å². The van der Waals surface area contributed by atoms with E-state index in [2.05, 4.69) is 9.98 Å². The first kappa shape index (κ1) is 9.34. The van der Waals surface area contributed by atoms with Crippen molar-refractivity contribution in [2.75, 3.05) is 0 Å². The second-order valence-corrected chi connectivity index (χ2v) is 3.36. The Balaban J connectivity index is 2.69. The van der Waals surface area contributed by atoms with E-state index in [1.807, 2.05) is 6.07 Å². The summed E-state index contributed by atoms with van der Waals surface area (Å²) in [6.45, 7) is 1.42. The lowest BCUT2D eigenvalue weighted by Crippen LogP contribution is -2.29. The zero-order chi connectivity index (χ0) is 11.1. The summed E-state index contributed by atoms with van der Waals surface area (Å²) >= 11 is 0. The van der Waals surface area contributed by atoms with Gasteiger partial charge in [0.05, 0.1) is 22.3 Å². The van der Waals surface area contributed by atoms with Crippen LogP contribution in [0.5, 0.6) is 0 Å². The third kappa shape index (κ3) is 1.36. The Bertz CT molecular complexity index is 600. The third-order valence-corrected chi connectivity index (χ3v) is 2.19. The standard InChI is InChI=1S/C10H7N3O2/c1-10(9(14)15)12-7-3-2-6(5-11)4-8(7)13-10/h2-4H,1H3,(H,14,15). The Labute approximate surface area is 85.0 Å². The molecule has 1 aliphatic rings. The Kier molecular flexibility index (Phi) is 1.80. The molecule has 0 radical (unpaired) electrons. The predicted molar refractivity (Wildman–Crippen MR) is 49.5 cm³/mol. The fourth-order valence-corrected chi connectivity index (χ4v) is 1.37. The van der Waals surface area contributed by atoms with E-state index in [0.717, 1.165) is 0 Å². The largest absolute Gasteiger partial charge is 0.478 e. The average Bonchev–Trinajstić information content (AvgIpc) is 2.54. The van der Waals surface area contributed by atoms with E-state index in [1.165, 1.54) is 13.0 Å². The molecule has 0 spiro atoms. The fourth-order valence-electron chi connectivity index (χ4n) is 1.37.